The Labute approximate surface area is 117 Å². The average Bonchev–Trinajstić information content (AvgIpc) is 2.92. The van der Waals surface area contributed by atoms with E-state index in [4.69, 9.17) is 9.47 Å². The average molecular weight is 278 g/mol. The predicted molar refractivity (Wildman–Crippen MR) is 71.6 cm³/mol. The molecular weight excluding hydrogens is 260 g/mol. The minimum Gasteiger partial charge on any atom is -0.454 e. The van der Waals surface area contributed by atoms with Crippen molar-refractivity contribution in [3.63, 3.8) is 0 Å². The van der Waals surface area contributed by atoms with Gasteiger partial charge in [0.25, 0.3) is 0 Å². The Balaban J connectivity index is 1.55. The monoisotopic (exact) mass is 278 g/mol. The number of nitrogens with zero attached hydrogens (tertiary/aromatic N) is 1. The number of β-amino-alcohol motifs (C(OH)–C–C–N with tert-alkyl or cyclic N) is 1. The molecule has 3 rings (SSSR count). The van der Waals surface area contributed by atoms with Gasteiger partial charge in [-0.3, -0.25) is 0 Å². The molecule has 1 aromatic rings. The zero-order valence-electron chi connectivity index (χ0n) is 11.2. The van der Waals surface area contributed by atoms with Crippen LogP contribution in [0.4, 0.5) is 4.79 Å². The molecule has 0 spiro atoms. The molecule has 2 aliphatic rings. The fourth-order valence-corrected chi connectivity index (χ4v) is 2.48. The van der Waals surface area contributed by atoms with Crippen LogP contribution in [0.3, 0.4) is 0 Å². The van der Waals surface area contributed by atoms with Crippen LogP contribution in [0.2, 0.25) is 0 Å². The molecular formula is C14H18N2O4. The molecule has 2 amide bonds. The quantitative estimate of drug-likeness (QED) is 0.849. The van der Waals surface area contributed by atoms with Crippen molar-refractivity contribution >= 4 is 6.03 Å². The second kappa shape index (κ2) is 5.58. The highest BCUT2D eigenvalue weighted by Crippen LogP contribution is 2.32. The van der Waals surface area contributed by atoms with Crippen molar-refractivity contribution in [1.29, 1.82) is 0 Å². The standard InChI is InChI=1S/C14H18N2O4/c17-11-2-1-5-16(8-11)14(18)15-7-10-3-4-12-13(6-10)20-9-19-12/h3-4,6,11,17H,1-2,5,7-9H2,(H,15,18). The van der Waals surface area contributed by atoms with Crippen LogP contribution in [-0.4, -0.2) is 42.0 Å². The van der Waals surface area contributed by atoms with Gasteiger partial charge in [-0.1, -0.05) is 6.07 Å². The summed E-state index contributed by atoms with van der Waals surface area (Å²) in [6.45, 7) is 1.79. The number of aliphatic hydroxyl groups is 1. The highest BCUT2D eigenvalue weighted by Gasteiger charge is 2.21. The highest BCUT2D eigenvalue weighted by molar-refractivity contribution is 5.74. The normalized spacial score (nSPS) is 20.9. The lowest BCUT2D eigenvalue weighted by Gasteiger charge is -2.30. The second-order valence-electron chi connectivity index (χ2n) is 5.09. The van der Waals surface area contributed by atoms with Crippen LogP contribution in [0, 0.1) is 0 Å². The molecule has 108 valence electrons. The van der Waals surface area contributed by atoms with E-state index in [1.807, 2.05) is 18.2 Å². The van der Waals surface area contributed by atoms with E-state index in [-0.39, 0.29) is 12.8 Å². The summed E-state index contributed by atoms with van der Waals surface area (Å²) >= 11 is 0. The number of hydrogen-bond acceptors (Lipinski definition) is 4. The van der Waals surface area contributed by atoms with Crippen LogP contribution >= 0.6 is 0 Å². The first-order chi connectivity index (χ1) is 9.72. The van der Waals surface area contributed by atoms with Gasteiger partial charge in [0.1, 0.15) is 0 Å². The number of piperidine rings is 1. The maximum absolute atomic E-state index is 12.0. The van der Waals surface area contributed by atoms with Crippen LogP contribution in [0.5, 0.6) is 11.5 Å². The first-order valence-corrected chi connectivity index (χ1v) is 6.82. The van der Waals surface area contributed by atoms with E-state index in [0.29, 0.717) is 25.4 Å². The topological polar surface area (TPSA) is 71.0 Å². The number of aliphatic hydroxyl groups excluding tert-OH is 1. The second-order valence-corrected chi connectivity index (χ2v) is 5.09. The number of hydrogen-bond donors (Lipinski definition) is 2. The number of urea groups is 1. The summed E-state index contributed by atoms with van der Waals surface area (Å²) in [6.07, 6.45) is 1.21. The summed E-state index contributed by atoms with van der Waals surface area (Å²) in [7, 11) is 0. The number of nitrogens with one attached hydrogen (secondary N) is 1. The minimum absolute atomic E-state index is 0.138. The molecule has 1 unspecified atom stereocenters. The molecule has 6 heteroatoms. The molecule has 1 saturated heterocycles. The zero-order valence-corrected chi connectivity index (χ0v) is 11.2. The van der Waals surface area contributed by atoms with E-state index in [1.54, 1.807) is 4.90 Å². The lowest BCUT2D eigenvalue weighted by atomic mass is 10.1. The van der Waals surface area contributed by atoms with Crippen LogP contribution in [-0.2, 0) is 6.54 Å². The Hall–Kier alpha value is -1.95. The van der Waals surface area contributed by atoms with Gasteiger partial charge in [0.05, 0.1) is 6.10 Å². The molecule has 0 saturated carbocycles. The van der Waals surface area contributed by atoms with Crippen molar-refractivity contribution in [3.8, 4) is 11.5 Å². The predicted octanol–water partition coefficient (Wildman–Crippen LogP) is 1.08. The van der Waals surface area contributed by atoms with Crippen LogP contribution in [0.25, 0.3) is 0 Å². The van der Waals surface area contributed by atoms with Gasteiger partial charge in [-0.25, -0.2) is 4.79 Å². The van der Waals surface area contributed by atoms with Gasteiger partial charge >= 0.3 is 6.03 Å². The minimum atomic E-state index is -0.403. The molecule has 0 bridgehead atoms. The molecule has 0 radical (unpaired) electrons. The van der Waals surface area contributed by atoms with Crippen LogP contribution in [0.15, 0.2) is 18.2 Å². The number of amides is 2. The Morgan fingerprint density at radius 1 is 1.40 bits per heavy atom. The fourth-order valence-electron chi connectivity index (χ4n) is 2.48. The lowest BCUT2D eigenvalue weighted by molar-refractivity contribution is 0.0842. The van der Waals surface area contributed by atoms with Crippen molar-refractivity contribution in [3.05, 3.63) is 23.8 Å². The van der Waals surface area contributed by atoms with Crippen molar-refractivity contribution < 1.29 is 19.4 Å². The van der Waals surface area contributed by atoms with E-state index >= 15 is 0 Å². The highest BCUT2D eigenvalue weighted by atomic mass is 16.7. The van der Waals surface area contributed by atoms with E-state index in [2.05, 4.69) is 5.32 Å². The third kappa shape index (κ3) is 2.80. The van der Waals surface area contributed by atoms with Gasteiger partial charge in [-0.2, -0.15) is 0 Å². The third-order valence-corrected chi connectivity index (χ3v) is 3.56. The summed E-state index contributed by atoms with van der Waals surface area (Å²) in [6, 6.07) is 5.47. The zero-order chi connectivity index (χ0) is 13.9. The summed E-state index contributed by atoms with van der Waals surface area (Å²) in [4.78, 5) is 13.7. The van der Waals surface area contributed by atoms with Gasteiger partial charge in [0, 0.05) is 19.6 Å². The molecule has 0 aliphatic carbocycles. The summed E-state index contributed by atoms with van der Waals surface area (Å²) in [5.41, 5.74) is 0.958. The fraction of sp³-hybridized carbons (Fsp3) is 0.500. The lowest BCUT2D eigenvalue weighted by Crippen LogP contribution is -2.46. The van der Waals surface area contributed by atoms with Gasteiger partial charge < -0.3 is 24.8 Å². The summed E-state index contributed by atoms with van der Waals surface area (Å²) in [5, 5.41) is 12.4. The Kier molecular flexibility index (Phi) is 3.64. The number of likely N-dealkylation sites (tertiary alicyclic amines) is 1. The number of carbonyl (C=O) groups excluding carboxylic acids is 1. The number of ether oxygens (including phenoxy) is 2. The molecule has 2 heterocycles. The Morgan fingerprint density at radius 3 is 3.10 bits per heavy atom. The van der Waals surface area contributed by atoms with E-state index in [0.717, 1.165) is 24.2 Å². The number of rotatable bonds is 2. The Morgan fingerprint density at radius 2 is 2.25 bits per heavy atom. The maximum Gasteiger partial charge on any atom is 0.317 e. The SMILES string of the molecule is O=C(NCc1ccc2c(c1)OCO2)N1CCCC(O)C1. The van der Waals surface area contributed by atoms with Gasteiger partial charge in [0.2, 0.25) is 6.79 Å². The molecule has 1 aromatic carbocycles. The largest absolute Gasteiger partial charge is 0.454 e. The summed E-state index contributed by atoms with van der Waals surface area (Å²) in [5.74, 6) is 1.45. The molecule has 6 nitrogen and oxygen atoms in total. The molecule has 1 fully saturated rings. The van der Waals surface area contributed by atoms with Gasteiger partial charge in [0.15, 0.2) is 11.5 Å². The van der Waals surface area contributed by atoms with Crippen LogP contribution < -0.4 is 14.8 Å². The van der Waals surface area contributed by atoms with Crippen molar-refractivity contribution in [2.45, 2.75) is 25.5 Å². The maximum atomic E-state index is 12.0. The Bertz CT molecular complexity index is 506. The van der Waals surface area contributed by atoms with Gasteiger partial charge in [-0.15, -0.1) is 0 Å². The molecule has 1 atom stereocenters. The van der Waals surface area contributed by atoms with E-state index < -0.39 is 6.10 Å². The first-order valence-electron chi connectivity index (χ1n) is 6.82. The molecule has 0 aromatic heterocycles. The number of benzene rings is 1. The summed E-state index contributed by atoms with van der Waals surface area (Å²) < 4.78 is 10.5. The molecule has 2 N–H and O–H groups in total. The smallest absolute Gasteiger partial charge is 0.317 e. The third-order valence-electron chi connectivity index (χ3n) is 3.56. The van der Waals surface area contributed by atoms with E-state index in [9.17, 15) is 9.90 Å². The van der Waals surface area contributed by atoms with Crippen LogP contribution in [0.1, 0.15) is 18.4 Å². The van der Waals surface area contributed by atoms with Crippen molar-refractivity contribution in [2.24, 2.45) is 0 Å². The first kappa shape index (κ1) is 13.1. The number of carbonyl (C=O) groups is 1. The molecule has 20 heavy (non-hydrogen) atoms. The number of fused-ring (bicyclic) bond motifs is 1. The van der Waals surface area contributed by atoms with Crippen molar-refractivity contribution in [1.82, 2.24) is 10.2 Å². The van der Waals surface area contributed by atoms with Gasteiger partial charge in [-0.05, 0) is 30.5 Å². The van der Waals surface area contributed by atoms with E-state index in [1.165, 1.54) is 0 Å². The molecule has 2 aliphatic heterocycles. The van der Waals surface area contributed by atoms with Crippen molar-refractivity contribution in [2.75, 3.05) is 19.9 Å².